The van der Waals surface area contributed by atoms with Crippen LogP contribution in [0.15, 0.2) is 113 Å². The summed E-state index contributed by atoms with van der Waals surface area (Å²) in [6.45, 7) is 0. The Balaban J connectivity index is 1.46. The van der Waals surface area contributed by atoms with Gasteiger partial charge in [0.2, 0.25) is 0 Å². The molecule has 35 heavy (non-hydrogen) atoms. The van der Waals surface area contributed by atoms with Crippen molar-refractivity contribution in [1.29, 1.82) is 0 Å². The van der Waals surface area contributed by atoms with E-state index in [4.69, 9.17) is 15.0 Å². The molecular weight excluding hydrogens is 494 g/mol. The van der Waals surface area contributed by atoms with Crippen LogP contribution in [0.5, 0.6) is 0 Å². The van der Waals surface area contributed by atoms with Gasteiger partial charge in [-0.3, -0.25) is 0 Å². The standard InChI is InChI=1S/C31H20BrN3/c32-24-11-5-10-23(18-24)30-33-29(22-6-2-1-3-7-22)34-31(35-30)26-17-15-21-13-12-19-8-4-9-20-14-16-25(26)28(21)27(19)20/h1-12,14-18,27H,13H2. The van der Waals surface area contributed by atoms with Crippen LogP contribution in [0.3, 0.4) is 0 Å². The van der Waals surface area contributed by atoms with Gasteiger partial charge in [0, 0.05) is 27.1 Å². The molecule has 1 atom stereocenters. The lowest BCUT2D eigenvalue weighted by Gasteiger charge is -2.33. The second kappa shape index (κ2) is 8.10. The maximum Gasteiger partial charge on any atom is 0.164 e. The van der Waals surface area contributed by atoms with E-state index in [0.717, 1.165) is 27.6 Å². The van der Waals surface area contributed by atoms with Crippen LogP contribution in [0, 0.1) is 0 Å². The summed E-state index contributed by atoms with van der Waals surface area (Å²) in [6.07, 6.45) is 14.4. The molecule has 3 nitrogen and oxygen atoms in total. The van der Waals surface area contributed by atoms with Gasteiger partial charge in [-0.2, -0.15) is 0 Å². The van der Waals surface area contributed by atoms with Gasteiger partial charge >= 0.3 is 0 Å². The first-order valence-electron chi connectivity index (χ1n) is 11.7. The average molecular weight is 514 g/mol. The third kappa shape index (κ3) is 3.44. The molecule has 0 saturated carbocycles. The van der Waals surface area contributed by atoms with Crippen molar-refractivity contribution in [2.45, 2.75) is 12.3 Å². The number of benzene rings is 3. The van der Waals surface area contributed by atoms with Gasteiger partial charge in [-0.15, -0.1) is 0 Å². The Bertz CT molecular complexity index is 1630. The molecule has 1 unspecified atom stereocenters. The second-order valence-corrected chi connectivity index (χ2v) is 9.90. The van der Waals surface area contributed by atoms with Crippen LogP contribution in [-0.4, -0.2) is 15.0 Å². The molecule has 3 aliphatic rings. The van der Waals surface area contributed by atoms with E-state index in [0.29, 0.717) is 23.4 Å². The number of rotatable bonds is 3. The van der Waals surface area contributed by atoms with Crippen LogP contribution in [0.4, 0.5) is 0 Å². The Kier molecular flexibility index (Phi) is 4.74. The van der Waals surface area contributed by atoms with Gasteiger partial charge in [-0.05, 0) is 46.4 Å². The van der Waals surface area contributed by atoms with E-state index >= 15 is 0 Å². The van der Waals surface area contributed by atoms with E-state index in [1.165, 1.54) is 27.8 Å². The average Bonchev–Trinajstić information content (AvgIpc) is 2.92. The molecule has 4 aromatic rings. The monoisotopic (exact) mass is 513 g/mol. The summed E-state index contributed by atoms with van der Waals surface area (Å²) in [4.78, 5) is 14.9. The predicted molar refractivity (Wildman–Crippen MR) is 145 cm³/mol. The van der Waals surface area contributed by atoms with Crippen molar-refractivity contribution in [1.82, 2.24) is 15.0 Å². The van der Waals surface area contributed by atoms with Crippen molar-refractivity contribution in [2.24, 2.45) is 0 Å². The van der Waals surface area contributed by atoms with E-state index in [1.807, 2.05) is 54.6 Å². The molecule has 0 radical (unpaired) electrons. The molecule has 3 aromatic carbocycles. The zero-order chi connectivity index (χ0) is 23.4. The molecule has 0 saturated heterocycles. The molecule has 166 valence electrons. The van der Waals surface area contributed by atoms with Crippen LogP contribution in [0.1, 0.15) is 22.6 Å². The molecule has 3 aliphatic carbocycles. The summed E-state index contributed by atoms with van der Waals surface area (Å²) < 4.78 is 0.994. The number of hydrogen-bond donors (Lipinski definition) is 0. The van der Waals surface area contributed by atoms with Gasteiger partial charge in [0.25, 0.3) is 0 Å². The maximum atomic E-state index is 5.00. The SMILES string of the molecule is Brc1cccc(-c2nc(-c3ccccc3)nc(-c3ccc4c5c3C=CC3=CC=CC(=CC4)C35)n2)c1. The topological polar surface area (TPSA) is 38.7 Å². The fourth-order valence-corrected chi connectivity index (χ4v) is 5.68. The summed E-state index contributed by atoms with van der Waals surface area (Å²) in [5.41, 5.74) is 9.70. The Labute approximate surface area is 212 Å². The third-order valence-corrected chi connectivity index (χ3v) is 7.39. The molecule has 1 aromatic heterocycles. The van der Waals surface area contributed by atoms with Crippen LogP contribution >= 0.6 is 15.9 Å². The number of hydrogen-bond acceptors (Lipinski definition) is 3. The summed E-state index contributed by atoms with van der Waals surface area (Å²) in [5.74, 6) is 2.34. The quantitative estimate of drug-likeness (QED) is 0.281. The largest absolute Gasteiger partial charge is 0.208 e. The van der Waals surface area contributed by atoms with E-state index < -0.39 is 0 Å². The van der Waals surface area contributed by atoms with Gasteiger partial charge in [-0.25, -0.2) is 15.0 Å². The molecular formula is C31H20BrN3. The summed E-state index contributed by atoms with van der Waals surface area (Å²) >= 11 is 3.59. The highest BCUT2D eigenvalue weighted by atomic mass is 79.9. The highest BCUT2D eigenvalue weighted by molar-refractivity contribution is 9.10. The summed E-state index contributed by atoms with van der Waals surface area (Å²) in [7, 11) is 0. The van der Waals surface area contributed by atoms with Crippen molar-refractivity contribution in [3.05, 3.63) is 129 Å². The lowest BCUT2D eigenvalue weighted by Crippen LogP contribution is -2.18. The first kappa shape index (κ1) is 20.5. The van der Waals surface area contributed by atoms with Crippen LogP contribution < -0.4 is 0 Å². The van der Waals surface area contributed by atoms with Crippen LogP contribution in [0.2, 0.25) is 0 Å². The second-order valence-electron chi connectivity index (χ2n) is 8.98. The van der Waals surface area contributed by atoms with E-state index in [9.17, 15) is 0 Å². The van der Waals surface area contributed by atoms with Crippen molar-refractivity contribution in [2.75, 3.05) is 0 Å². The highest BCUT2D eigenvalue weighted by Gasteiger charge is 2.32. The molecule has 0 fully saturated rings. The van der Waals surface area contributed by atoms with Gasteiger partial charge < -0.3 is 0 Å². The molecule has 0 aliphatic heterocycles. The number of halogens is 1. The Hall–Kier alpha value is -3.89. The maximum absolute atomic E-state index is 5.00. The molecule has 4 heteroatoms. The minimum absolute atomic E-state index is 0.295. The van der Waals surface area contributed by atoms with E-state index in [2.05, 4.69) is 64.5 Å². The Morgan fingerprint density at radius 1 is 0.714 bits per heavy atom. The number of allylic oxidation sites excluding steroid dienone is 7. The minimum Gasteiger partial charge on any atom is -0.208 e. The summed E-state index contributed by atoms with van der Waals surface area (Å²) in [6, 6.07) is 22.7. The fourth-order valence-electron chi connectivity index (χ4n) is 5.28. The summed E-state index contributed by atoms with van der Waals surface area (Å²) in [5, 5.41) is 0. The van der Waals surface area contributed by atoms with Crippen LogP contribution in [-0.2, 0) is 6.42 Å². The molecule has 1 heterocycles. The zero-order valence-corrected chi connectivity index (χ0v) is 20.4. The number of aromatic nitrogens is 3. The van der Waals surface area contributed by atoms with Gasteiger partial charge in [0.1, 0.15) is 0 Å². The molecule has 0 amide bonds. The number of nitrogens with zero attached hydrogens (tertiary/aromatic N) is 3. The predicted octanol–water partition coefficient (Wildman–Crippen LogP) is 7.72. The van der Waals surface area contributed by atoms with E-state index in [-0.39, 0.29) is 0 Å². The van der Waals surface area contributed by atoms with Crippen molar-refractivity contribution < 1.29 is 0 Å². The first-order chi connectivity index (χ1) is 17.2. The lowest BCUT2D eigenvalue weighted by atomic mass is 9.70. The van der Waals surface area contributed by atoms with Crippen molar-refractivity contribution >= 4 is 22.0 Å². The minimum atomic E-state index is 0.295. The molecule has 0 N–H and O–H groups in total. The van der Waals surface area contributed by atoms with Crippen molar-refractivity contribution in [3.8, 4) is 34.2 Å². The van der Waals surface area contributed by atoms with Gasteiger partial charge in [-0.1, -0.05) is 107 Å². The van der Waals surface area contributed by atoms with Crippen molar-refractivity contribution in [3.63, 3.8) is 0 Å². The normalized spacial score (nSPS) is 17.0. The highest BCUT2D eigenvalue weighted by Crippen LogP contribution is 2.48. The van der Waals surface area contributed by atoms with Gasteiger partial charge in [0.15, 0.2) is 17.5 Å². The smallest absolute Gasteiger partial charge is 0.164 e. The van der Waals surface area contributed by atoms with E-state index in [1.54, 1.807) is 0 Å². The van der Waals surface area contributed by atoms with Crippen LogP contribution in [0.25, 0.3) is 40.2 Å². The zero-order valence-electron chi connectivity index (χ0n) is 18.8. The molecule has 0 spiro atoms. The first-order valence-corrected chi connectivity index (χ1v) is 12.5. The lowest BCUT2D eigenvalue weighted by molar-refractivity contribution is 0.892. The Morgan fingerprint density at radius 2 is 1.51 bits per heavy atom. The fraction of sp³-hybridized carbons (Fsp3) is 0.0645. The Morgan fingerprint density at radius 3 is 2.37 bits per heavy atom. The molecule has 0 bridgehead atoms. The third-order valence-electron chi connectivity index (χ3n) is 6.90. The van der Waals surface area contributed by atoms with Gasteiger partial charge in [0.05, 0.1) is 0 Å². The molecule has 7 rings (SSSR count).